The van der Waals surface area contributed by atoms with Crippen molar-refractivity contribution in [2.45, 2.75) is 20.3 Å². The summed E-state index contributed by atoms with van der Waals surface area (Å²) in [5.74, 6) is 0.898. The number of hydrogen-bond acceptors (Lipinski definition) is 3. The van der Waals surface area contributed by atoms with E-state index in [9.17, 15) is 4.79 Å². The van der Waals surface area contributed by atoms with Gasteiger partial charge in [-0.2, -0.15) is 0 Å². The van der Waals surface area contributed by atoms with E-state index in [1.165, 1.54) is 0 Å². The van der Waals surface area contributed by atoms with Crippen LogP contribution in [-0.2, 0) is 4.79 Å². The fourth-order valence-electron chi connectivity index (χ4n) is 1.76. The molecule has 0 saturated heterocycles. The molecule has 2 N–H and O–H groups in total. The summed E-state index contributed by atoms with van der Waals surface area (Å²) in [5.41, 5.74) is 5.23. The highest BCUT2D eigenvalue weighted by molar-refractivity contribution is 5.82. The molecule has 0 saturated carbocycles. The number of amides is 1. The zero-order valence-corrected chi connectivity index (χ0v) is 12.1. The van der Waals surface area contributed by atoms with E-state index >= 15 is 0 Å². The molecule has 4 heteroatoms. The second-order valence-electron chi connectivity index (χ2n) is 5.01. The molecular weight excluding hydrogens is 240 g/mol. The van der Waals surface area contributed by atoms with Gasteiger partial charge in [-0.05, 0) is 25.5 Å². The Hall–Kier alpha value is -1.55. The number of benzene rings is 1. The highest BCUT2D eigenvalue weighted by atomic mass is 16.5. The summed E-state index contributed by atoms with van der Waals surface area (Å²) in [6.07, 6.45) is 0.742. The Morgan fingerprint density at radius 1 is 1.37 bits per heavy atom. The quantitative estimate of drug-likeness (QED) is 0.818. The Balaban J connectivity index is 2.43. The molecule has 1 unspecified atom stereocenters. The van der Waals surface area contributed by atoms with Crippen molar-refractivity contribution in [2.24, 2.45) is 11.1 Å². The van der Waals surface area contributed by atoms with E-state index in [2.05, 4.69) is 0 Å². The van der Waals surface area contributed by atoms with Gasteiger partial charge in [0.1, 0.15) is 12.4 Å². The minimum absolute atomic E-state index is 0.0779. The summed E-state index contributed by atoms with van der Waals surface area (Å²) < 4.78 is 5.58. The minimum atomic E-state index is -0.471. The highest BCUT2D eigenvalue weighted by Gasteiger charge is 2.32. The summed E-state index contributed by atoms with van der Waals surface area (Å²) in [6, 6.07) is 9.59. The Bertz CT molecular complexity index is 388. The lowest BCUT2D eigenvalue weighted by Gasteiger charge is -2.30. The number of ether oxygens (including phenoxy) is 1. The molecule has 0 aliphatic rings. The normalized spacial score (nSPS) is 13.7. The number of carbonyl (C=O) groups excluding carboxylic acids is 1. The largest absolute Gasteiger partial charge is 0.492 e. The van der Waals surface area contributed by atoms with Crippen molar-refractivity contribution >= 4 is 5.91 Å². The molecule has 0 fully saturated rings. The predicted molar refractivity (Wildman–Crippen MR) is 77.0 cm³/mol. The fraction of sp³-hybridized carbons (Fsp3) is 0.533. The molecule has 0 heterocycles. The molecule has 0 aliphatic heterocycles. The van der Waals surface area contributed by atoms with Crippen LogP contribution in [0.3, 0.4) is 0 Å². The third-order valence-corrected chi connectivity index (χ3v) is 3.53. The molecule has 0 aliphatic carbocycles. The standard InChI is InChI=1S/C15H24N2O2/c1-4-15(2,12-16)14(18)17(3)10-11-19-13-8-6-5-7-9-13/h5-9H,4,10-12,16H2,1-3H3. The van der Waals surface area contributed by atoms with Crippen molar-refractivity contribution in [3.63, 3.8) is 0 Å². The van der Waals surface area contributed by atoms with Gasteiger partial charge in [0.05, 0.1) is 12.0 Å². The van der Waals surface area contributed by atoms with Crippen molar-refractivity contribution in [3.05, 3.63) is 30.3 Å². The van der Waals surface area contributed by atoms with Crippen molar-refractivity contribution in [1.29, 1.82) is 0 Å². The van der Waals surface area contributed by atoms with Gasteiger partial charge in [0.2, 0.25) is 5.91 Å². The van der Waals surface area contributed by atoms with Gasteiger partial charge in [-0.25, -0.2) is 0 Å². The zero-order valence-electron chi connectivity index (χ0n) is 12.1. The Kier molecular flexibility index (Phi) is 5.83. The third kappa shape index (κ3) is 4.24. The maximum absolute atomic E-state index is 12.3. The van der Waals surface area contributed by atoms with E-state index in [1.807, 2.05) is 44.2 Å². The van der Waals surface area contributed by atoms with Crippen LogP contribution >= 0.6 is 0 Å². The number of likely N-dealkylation sites (N-methyl/N-ethyl adjacent to an activating group) is 1. The van der Waals surface area contributed by atoms with Crippen molar-refractivity contribution in [2.75, 3.05) is 26.7 Å². The molecule has 0 bridgehead atoms. The van der Waals surface area contributed by atoms with E-state index in [-0.39, 0.29) is 5.91 Å². The van der Waals surface area contributed by atoms with Crippen LogP contribution in [0.4, 0.5) is 0 Å². The highest BCUT2D eigenvalue weighted by Crippen LogP contribution is 2.21. The first-order valence-electron chi connectivity index (χ1n) is 6.67. The first-order chi connectivity index (χ1) is 9.03. The lowest BCUT2D eigenvalue weighted by Crippen LogP contribution is -2.45. The van der Waals surface area contributed by atoms with Gasteiger partial charge < -0.3 is 15.4 Å². The second-order valence-corrected chi connectivity index (χ2v) is 5.01. The van der Waals surface area contributed by atoms with Crippen LogP contribution in [0, 0.1) is 5.41 Å². The summed E-state index contributed by atoms with van der Waals surface area (Å²) in [5, 5.41) is 0. The van der Waals surface area contributed by atoms with Crippen molar-refractivity contribution in [1.82, 2.24) is 4.90 Å². The number of carbonyl (C=O) groups is 1. The molecule has 4 nitrogen and oxygen atoms in total. The summed E-state index contributed by atoms with van der Waals surface area (Å²) >= 11 is 0. The molecular formula is C15H24N2O2. The van der Waals surface area contributed by atoms with Crippen molar-refractivity contribution < 1.29 is 9.53 Å². The van der Waals surface area contributed by atoms with Gasteiger partial charge in [-0.1, -0.05) is 25.1 Å². The SMILES string of the molecule is CCC(C)(CN)C(=O)N(C)CCOc1ccccc1. The number of nitrogens with zero attached hydrogens (tertiary/aromatic N) is 1. The molecule has 0 aromatic heterocycles. The van der Waals surface area contributed by atoms with E-state index in [0.29, 0.717) is 19.7 Å². The third-order valence-electron chi connectivity index (χ3n) is 3.53. The Morgan fingerprint density at radius 2 is 2.00 bits per heavy atom. The molecule has 0 spiro atoms. The summed E-state index contributed by atoms with van der Waals surface area (Å²) in [6.45, 7) is 5.30. The van der Waals surface area contributed by atoms with Crippen LogP contribution in [0.5, 0.6) is 5.75 Å². The van der Waals surface area contributed by atoms with Gasteiger partial charge in [0, 0.05) is 13.6 Å². The molecule has 1 rings (SSSR count). The lowest BCUT2D eigenvalue weighted by atomic mass is 9.86. The van der Waals surface area contributed by atoms with Crippen LogP contribution < -0.4 is 10.5 Å². The Labute approximate surface area is 115 Å². The topological polar surface area (TPSA) is 55.6 Å². The molecule has 1 aromatic carbocycles. The van der Waals surface area contributed by atoms with Gasteiger partial charge in [-0.3, -0.25) is 4.79 Å². The summed E-state index contributed by atoms with van der Waals surface area (Å²) in [7, 11) is 1.79. The predicted octanol–water partition coefficient (Wildman–Crippen LogP) is 1.90. The zero-order chi connectivity index (χ0) is 14.3. The average molecular weight is 264 g/mol. The molecule has 0 radical (unpaired) electrons. The number of hydrogen-bond donors (Lipinski definition) is 1. The van der Waals surface area contributed by atoms with Crippen LogP contribution in [0.1, 0.15) is 20.3 Å². The minimum Gasteiger partial charge on any atom is -0.492 e. The maximum Gasteiger partial charge on any atom is 0.229 e. The number of para-hydroxylation sites is 1. The van der Waals surface area contributed by atoms with E-state index in [4.69, 9.17) is 10.5 Å². The average Bonchev–Trinajstić information content (AvgIpc) is 2.46. The fourth-order valence-corrected chi connectivity index (χ4v) is 1.76. The molecule has 1 atom stereocenters. The number of rotatable bonds is 7. The molecule has 19 heavy (non-hydrogen) atoms. The molecule has 1 aromatic rings. The Morgan fingerprint density at radius 3 is 2.53 bits per heavy atom. The molecule has 1 amide bonds. The molecule has 106 valence electrons. The first-order valence-corrected chi connectivity index (χ1v) is 6.67. The van der Waals surface area contributed by atoms with Gasteiger partial charge in [0.25, 0.3) is 0 Å². The monoisotopic (exact) mass is 264 g/mol. The van der Waals surface area contributed by atoms with E-state index in [0.717, 1.165) is 12.2 Å². The van der Waals surface area contributed by atoms with Crippen LogP contribution in [-0.4, -0.2) is 37.6 Å². The maximum atomic E-state index is 12.3. The smallest absolute Gasteiger partial charge is 0.229 e. The van der Waals surface area contributed by atoms with Gasteiger partial charge in [-0.15, -0.1) is 0 Å². The summed E-state index contributed by atoms with van der Waals surface area (Å²) in [4.78, 5) is 14.0. The van der Waals surface area contributed by atoms with Gasteiger partial charge >= 0.3 is 0 Å². The van der Waals surface area contributed by atoms with Crippen molar-refractivity contribution in [3.8, 4) is 5.75 Å². The van der Waals surface area contributed by atoms with Crippen LogP contribution in [0.2, 0.25) is 0 Å². The van der Waals surface area contributed by atoms with Crippen LogP contribution in [0.25, 0.3) is 0 Å². The van der Waals surface area contributed by atoms with Crippen LogP contribution in [0.15, 0.2) is 30.3 Å². The lowest BCUT2D eigenvalue weighted by molar-refractivity contribution is -0.139. The number of nitrogens with two attached hydrogens (primary N) is 1. The van der Waals surface area contributed by atoms with E-state index in [1.54, 1.807) is 11.9 Å². The van der Waals surface area contributed by atoms with E-state index < -0.39 is 5.41 Å². The van der Waals surface area contributed by atoms with Gasteiger partial charge in [0.15, 0.2) is 0 Å². The second kappa shape index (κ2) is 7.14. The first kappa shape index (κ1) is 15.5.